The van der Waals surface area contributed by atoms with Crippen LogP contribution in [0.15, 0.2) is 78.9 Å². The minimum atomic E-state index is -0.352. The molecular weight excluding hydrogens is 326 g/mol. The Kier molecular flexibility index (Phi) is 4.23. The van der Waals surface area contributed by atoms with Crippen molar-refractivity contribution in [2.75, 3.05) is 5.32 Å². The summed E-state index contributed by atoms with van der Waals surface area (Å²) in [5.41, 5.74) is 3.56. The van der Waals surface area contributed by atoms with E-state index in [9.17, 15) is 9.59 Å². The molecule has 1 N–H and O–H groups in total. The first kappa shape index (κ1) is 16.1. The van der Waals surface area contributed by atoms with Gasteiger partial charge in [-0.1, -0.05) is 48.5 Å². The van der Waals surface area contributed by atoms with Gasteiger partial charge in [-0.3, -0.25) is 4.79 Å². The maximum atomic E-state index is 12.5. The third-order valence-corrected chi connectivity index (χ3v) is 4.44. The maximum absolute atomic E-state index is 12.5. The van der Waals surface area contributed by atoms with E-state index in [1.165, 1.54) is 0 Å². The van der Waals surface area contributed by atoms with Crippen LogP contribution in [-0.4, -0.2) is 11.9 Å². The van der Waals surface area contributed by atoms with Gasteiger partial charge in [-0.2, -0.15) is 0 Å². The van der Waals surface area contributed by atoms with Crippen molar-refractivity contribution in [3.8, 4) is 0 Å². The molecule has 4 heteroatoms. The summed E-state index contributed by atoms with van der Waals surface area (Å²) in [6.07, 6.45) is 0.223. The summed E-state index contributed by atoms with van der Waals surface area (Å²) in [6, 6.07) is 24.0. The highest BCUT2D eigenvalue weighted by Gasteiger charge is 2.28. The summed E-state index contributed by atoms with van der Waals surface area (Å²) in [4.78, 5) is 24.8. The molecule has 0 bridgehead atoms. The van der Waals surface area contributed by atoms with Crippen LogP contribution in [0.1, 0.15) is 37.9 Å². The van der Waals surface area contributed by atoms with E-state index in [0.717, 1.165) is 16.8 Å². The van der Waals surface area contributed by atoms with E-state index in [0.29, 0.717) is 17.5 Å². The van der Waals surface area contributed by atoms with Crippen LogP contribution < -0.4 is 5.32 Å². The van der Waals surface area contributed by atoms with Gasteiger partial charge in [0.15, 0.2) is 0 Å². The fraction of sp³-hybridized carbons (Fsp3) is 0.0909. The van der Waals surface area contributed by atoms with Gasteiger partial charge in [-0.15, -0.1) is 0 Å². The zero-order chi connectivity index (χ0) is 17.9. The lowest BCUT2D eigenvalue weighted by atomic mass is 9.93. The molecule has 1 heterocycles. The van der Waals surface area contributed by atoms with Gasteiger partial charge in [-0.05, 0) is 41.5 Å². The number of hydrogen-bond acceptors (Lipinski definition) is 3. The van der Waals surface area contributed by atoms with E-state index in [1.54, 1.807) is 18.2 Å². The van der Waals surface area contributed by atoms with Crippen molar-refractivity contribution in [1.82, 2.24) is 0 Å². The number of fused-ring (bicyclic) bond motifs is 1. The molecule has 4 nitrogen and oxygen atoms in total. The molecule has 0 fully saturated rings. The first-order valence-corrected chi connectivity index (χ1v) is 8.46. The molecule has 1 unspecified atom stereocenters. The van der Waals surface area contributed by atoms with Gasteiger partial charge in [0, 0.05) is 17.7 Å². The van der Waals surface area contributed by atoms with Gasteiger partial charge in [0.1, 0.15) is 6.10 Å². The molecule has 0 aromatic heterocycles. The molecule has 0 saturated heterocycles. The zero-order valence-corrected chi connectivity index (χ0v) is 14.0. The second-order valence-corrected chi connectivity index (χ2v) is 6.20. The average Bonchev–Trinajstić information content (AvgIpc) is 2.69. The van der Waals surface area contributed by atoms with Crippen LogP contribution in [0.3, 0.4) is 0 Å². The molecule has 1 amide bonds. The lowest BCUT2D eigenvalue weighted by molar-refractivity contribution is 0.0252. The Bertz CT molecular complexity index is 952. The lowest BCUT2D eigenvalue weighted by Gasteiger charge is -2.25. The van der Waals surface area contributed by atoms with E-state index in [4.69, 9.17) is 4.74 Å². The first-order valence-electron chi connectivity index (χ1n) is 8.46. The number of anilines is 1. The fourth-order valence-corrected chi connectivity index (χ4v) is 3.12. The molecule has 0 spiro atoms. The molecule has 128 valence electrons. The predicted molar refractivity (Wildman–Crippen MR) is 99.1 cm³/mol. The van der Waals surface area contributed by atoms with Gasteiger partial charge in [-0.25, -0.2) is 4.79 Å². The molecule has 0 radical (unpaired) electrons. The first-order chi connectivity index (χ1) is 12.7. The third-order valence-electron chi connectivity index (χ3n) is 4.44. The van der Waals surface area contributed by atoms with E-state index < -0.39 is 0 Å². The quantitative estimate of drug-likeness (QED) is 0.718. The summed E-state index contributed by atoms with van der Waals surface area (Å²) >= 11 is 0. The average molecular weight is 343 g/mol. The highest BCUT2D eigenvalue weighted by molar-refractivity contribution is 6.05. The number of ether oxygens (including phenoxy) is 1. The van der Waals surface area contributed by atoms with Crippen molar-refractivity contribution >= 4 is 17.6 Å². The SMILES string of the molecule is O=C(Nc1ccccc1)c1ccc2c(c1)CC(c1ccccc1)OC2=O. The smallest absolute Gasteiger partial charge is 0.339 e. The number of amides is 1. The number of benzene rings is 3. The van der Waals surface area contributed by atoms with E-state index in [1.807, 2.05) is 60.7 Å². The number of cyclic esters (lactones) is 1. The number of rotatable bonds is 3. The van der Waals surface area contributed by atoms with Crippen molar-refractivity contribution in [2.24, 2.45) is 0 Å². The van der Waals surface area contributed by atoms with Crippen molar-refractivity contribution in [3.05, 3.63) is 101 Å². The highest BCUT2D eigenvalue weighted by Crippen LogP contribution is 2.31. The zero-order valence-electron chi connectivity index (χ0n) is 14.0. The van der Waals surface area contributed by atoms with Crippen molar-refractivity contribution in [2.45, 2.75) is 12.5 Å². The Labute approximate surface area is 151 Å². The number of nitrogens with one attached hydrogen (secondary N) is 1. The summed E-state index contributed by atoms with van der Waals surface area (Å²) in [5, 5.41) is 2.86. The standard InChI is InChI=1S/C22H17NO3/c24-21(23-18-9-5-2-6-10-18)16-11-12-19-17(13-16)14-20(26-22(19)25)15-7-3-1-4-8-15/h1-13,20H,14H2,(H,23,24). The normalized spacial score (nSPS) is 15.7. The second kappa shape index (κ2) is 6.84. The topological polar surface area (TPSA) is 55.4 Å². The molecular formula is C22H17NO3. The van der Waals surface area contributed by atoms with Crippen molar-refractivity contribution < 1.29 is 14.3 Å². The molecule has 4 rings (SSSR count). The van der Waals surface area contributed by atoms with E-state index in [-0.39, 0.29) is 18.0 Å². The highest BCUT2D eigenvalue weighted by atomic mass is 16.5. The van der Waals surface area contributed by atoms with Crippen LogP contribution in [0.2, 0.25) is 0 Å². The molecule has 3 aromatic rings. The maximum Gasteiger partial charge on any atom is 0.339 e. The van der Waals surface area contributed by atoms with Gasteiger partial charge in [0.25, 0.3) is 5.91 Å². The summed E-state index contributed by atoms with van der Waals surface area (Å²) in [7, 11) is 0. The number of carbonyl (C=O) groups excluding carboxylic acids is 2. The van der Waals surface area contributed by atoms with E-state index >= 15 is 0 Å². The molecule has 0 aliphatic carbocycles. The van der Waals surface area contributed by atoms with Crippen molar-refractivity contribution in [1.29, 1.82) is 0 Å². The lowest BCUT2D eigenvalue weighted by Crippen LogP contribution is -2.23. The summed E-state index contributed by atoms with van der Waals surface area (Å²) < 4.78 is 5.56. The Balaban J connectivity index is 1.60. The van der Waals surface area contributed by atoms with Gasteiger partial charge in [0.05, 0.1) is 5.56 Å². The Morgan fingerprint density at radius 1 is 0.923 bits per heavy atom. The molecule has 1 aliphatic heterocycles. The fourth-order valence-electron chi connectivity index (χ4n) is 3.12. The minimum Gasteiger partial charge on any atom is -0.454 e. The van der Waals surface area contributed by atoms with Crippen LogP contribution in [0, 0.1) is 0 Å². The predicted octanol–water partition coefficient (Wildman–Crippen LogP) is 4.39. The van der Waals surface area contributed by atoms with Crippen LogP contribution >= 0.6 is 0 Å². The van der Waals surface area contributed by atoms with Crippen LogP contribution in [0.5, 0.6) is 0 Å². The molecule has 1 atom stereocenters. The molecule has 0 saturated carbocycles. The number of para-hydroxylation sites is 1. The summed E-state index contributed by atoms with van der Waals surface area (Å²) in [6.45, 7) is 0. The van der Waals surface area contributed by atoms with Crippen molar-refractivity contribution in [3.63, 3.8) is 0 Å². The Morgan fingerprint density at radius 2 is 1.62 bits per heavy atom. The molecule has 1 aliphatic rings. The number of carbonyl (C=O) groups is 2. The minimum absolute atomic E-state index is 0.200. The monoisotopic (exact) mass is 343 g/mol. The molecule has 26 heavy (non-hydrogen) atoms. The number of esters is 1. The van der Waals surface area contributed by atoms with Crippen LogP contribution in [0.25, 0.3) is 0 Å². The third kappa shape index (κ3) is 3.22. The van der Waals surface area contributed by atoms with Crippen LogP contribution in [0.4, 0.5) is 5.69 Å². The second-order valence-electron chi connectivity index (χ2n) is 6.20. The van der Waals surface area contributed by atoms with Gasteiger partial charge < -0.3 is 10.1 Å². The molecule has 3 aromatic carbocycles. The Morgan fingerprint density at radius 3 is 2.35 bits per heavy atom. The van der Waals surface area contributed by atoms with E-state index in [2.05, 4.69) is 5.32 Å². The van der Waals surface area contributed by atoms with Gasteiger partial charge >= 0.3 is 5.97 Å². The number of hydrogen-bond donors (Lipinski definition) is 1. The largest absolute Gasteiger partial charge is 0.454 e. The van der Waals surface area contributed by atoms with Crippen LogP contribution in [-0.2, 0) is 11.2 Å². The Hall–Kier alpha value is -3.40. The van der Waals surface area contributed by atoms with Gasteiger partial charge in [0.2, 0.25) is 0 Å². The summed E-state index contributed by atoms with van der Waals surface area (Å²) in [5.74, 6) is -0.552.